The Balaban J connectivity index is 2.10. The van der Waals surface area contributed by atoms with Gasteiger partial charge in [0, 0.05) is 30.3 Å². The molecular formula is C16H23N3O2. The Hall–Kier alpha value is -2.04. The number of nitrogens with one attached hydrogen (secondary N) is 1. The van der Waals surface area contributed by atoms with Crippen molar-refractivity contribution in [2.45, 2.75) is 33.2 Å². The minimum absolute atomic E-state index is 0.0235. The molecule has 1 aliphatic heterocycles. The third-order valence-electron chi connectivity index (χ3n) is 4.02. The van der Waals surface area contributed by atoms with Crippen molar-refractivity contribution < 1.29 is 10.0 Å². The summed E-state index contributed by atoms with van der Waals surface area (Å²) in [6.45, 7) is 7.20. The lowest BCUT2D eigenvalue weighted by Crippen LogP contribution is -2.44. The van der Waals surface area contributed by atoms with Gasteiger partial charge in [0.25, 0.3) is 0 Å². The third kappa shape index (κ3) is 3.54. The largest absolute Gasteiger partial charge is 0.411 e. The highest BCUT2D eigenvalue weighted by molar-refractivity contribution is 6.07. The fraction of sp³-hybridized carbons (Fsp3) is 0.500. The average Bonchev–Trinajstić information content (AvgIpc) is 2.47. The smallest absolute Gasteiger partial charge is 0.239 e. The maximum absolute atomic E-state index is 12.2. The van der Waals surface area contributed by atoms with Crippen LogP contribution in [0.25, 0.3) is 0 Å². The predicted octanol–water partition coefficient (Wildman–Crippen LogP) is 2.24. The Morgan fingerprint density at radius 3 is 2.76 bits per heavy atom. The van der Waals surface area contributed by atoms with Crippen molar-refractivity contribution in [3.05, 3.63) is 29.8 Å². The number of amides is 1. The van der Waals surface area contributed by atoms with Gasteiger partial charge >= 0.3 is 0 Å². The molecule has 5 nitrogen and oxygen atoms in total. The maximum atomic E-state index is 12.2. The normalized spacial score (nSPS) is 17.7. The molecule has 1 atom stereocenters. The van der Waals surface area contributed by atoms with E-state index in [0.29, 0.717) is 31.1 Å². The quantitative estimate of drug-likeness (QED) is 0.660. The van der Waals surface area contributed by atoms with Gasteiger partial charge in [0.15, 0.2) is 0 Å². The molecule has 1 aromatic rings. The molecule has 1 amide bonds. The Labute approximate surface area is 125 Å². The van der Waals surface area contributed by atoms with Crippen LogP contribution in [0.3, 0.4) is 0 Å². The number of anilines is 1. The van der Waals surface area contributed by atoms with Gasteiger partial charge in [0.05, 0.1) is 12.3 Å². The second-order valence-electron chi connectivity index (χ2n) is 5.84. The third-order valence-corrected chi connectivity index (χ3v) is 4.02. The van der Waals surface area contributed by atoms with Crippen molar-refractivity contribution in [1.29, 1.82) is 0 Å². The minimum Gasteiger partial charge on any atom is -0.411 e. The van der Waals surface area contributed by atoms with E-state index >= 15 is 0 Å². The Morgan fingerprint density at radius 2 is 2.10 bits per heavy atom. The number of hydrogen-bond donors (Lipinski definition) is 2. The highest BCUT2D eigenvalue weighted by Crippen LogP contribution is 2.26. The van der Waals surface area contributed by atoms with Crippen molar-refractivity contribution >= 4 is 17.3 Å². The maximum Gasteiger partial charge on any atom is 0.239 e. The molecule has 0 radical (unpaired) electrons. The van der Waals surface area contributed by atoms with E-state index in [2.05, 4.69) is 24.3 Å². The molecule has 1 unspecified atom stereocenters. The van der Waals surface area contributed by atoms with E-state index in [9.17, 15) is 4.79 Å². The molecule has 5 heteroatoms. The molecule has 0 aromatic heterocycles. The number of carbonyl (C=O) groups excluding carboxylic acids is 1. The second kappa shape index (κ2) is 6.61. The highest BCUT2D eigenvalue weighted by atomic mass is 16.4. The number of benzene rings is 1. The van der Waals surface area contributed by atoms with Crippen molar-refractivity contribution in [2.75, 3.05) is 18.0 Å². The number of rotatable bonds is 4. The Morgan fingerprint density at radius 1 is 1.38 bits per heavy atom. The van der Waals surface area contributed by atoms with Crippen LogP contribution in [0.2, 0.25) is 0 Å². The lowest BCUT2D eigenvalue weighted by Gasteiger charge is -2.31. The van der Waals surface area contributed by atoms with Gasteiger partial charge in [0.1, 0.15) is 0 Å². The molecule has 0 spiro atoms. The Kier molecular flexibility index (Phi) is 4.83. The van der Waals surface area contributed by atoms with Crippen molar-refractivity contribution in [3.8, 4) is 0 Å². The van der Waals surface area contributed by atoms with Crippen LogP contribution in [0.5, 0.6) is 0 Å². The number of hydrogen-bond acceptors (Lipinski definition) is 4. The number of oxime groups is 1. The molecule has 2 N–H and O–H groups in total. The van der Waals surface area contributed by atoms with Gasteiger partial charge in [-0.2, -0.15) is 0 Å². The number of para-hydroxylation sites is 1. The molecule has 0 bridgehead atoms. The molecule has 2 rings (SSSR count). The zero-order valence-electron chi connectivity index (χ0n) is 12.8. The second-order valence-corrected chi connectivity index (χ2v) is 5.84. The Bertz CT molecular complexity index is 540. The fourth-order valence-electron chi connectivity index (χ4n) is 2.40. The molecule has 114 valence electrons. The molecule has 0 aliphatic carbocycles. The van der Waals surface area contributed by atoms with Crippen LogP contribution in [0.15, 0.2) is 29.4 Å². The average molecular weight is 289 g/mol. The van der Waals surface area contributed by atoms with Crippen LogP contribution >= 0.6 is 0 Å². The summed E-state index contributed by atoms with van der Waals surface area (Å²) in [7, 11) is 0. The van der Waals surface area contributed by atoms with Gasteiger partial charge < -0.3 is 15.4 Å². The summed E-state index contributed by atoms with van der Waals surface area (Å²) in [5, 5.41) is 15.5. The SMILES string of the molecule is CC(C)C(C)NC(=O)CN1CCC(=NO)c2ccccc21. The van der Waals surface area contributed by atoms with Crippen molar-refractivity contribution in [3.63, 3.8) is 0 Å². The molecule has 0 fully saturated rings. The van der Waals surface area contributed by atoms with Crippen LogP contribution in [0, 0.1) is 5.92 Å². The van der Waals surface area contributed by atoms with Crippen LogP contribution < -0.4 is 10.2 Å². The first-order chi connectivity index (χ1) is 10.0. The van der Waals surface area contributed by atoms with Gasteiger partial charge in [-0.3, -0.25) is 4.79 Å². The number of nitrogens with zero attached hydrogens (tertiary/aromatic N) is 2. The first-order valence-electron chi connectivity index (χ1n) is 7.37. The lowest BCUT2D eigenvalue weighted by molar-refractivity contribution is -0.120. The van der Waals surface area contributed by atoms with E-state index in [-0.39, 0.29) is 11.9 Å². The zero-order valence-corrected chi connectivity index (χ0v) is 12.8. The highest BCUT2D eigenvalue weighted by Gasteiger charge is 2.23. The van der Waals surface area contributed by atoms with Gasteiger partial charge in [-0.15, -0.1) is 0 Å². The summed E-state index contributed by atoms with van der Waals surface area (Å²) in [6, 6.07) is 7.88. The van der Waals surface area contributed by atoms with Crippen LogP contribution in [0.4, 0.5) is 5.69 Å². The van der Waals surface area contributed by atoms with E-state index in [1.165, 1.54) is 0 Å². The summed E-state index contributed by atoms with van der Waals surface area (Å²) >= 11 is 0. The van der Waals surface area contributed by atoms with Crippen LogP contribution in [-0.4, -0.2) is 36.0 Å². The number of fused-ring (bicyclic) bond motifs is 1. The van der Waals surface area contributed by atoms with Crippen molar-refractivity contribution in [2.24, 2.45) is 11.1 Å². The standard InChI is InChI=1S/C16H23N3O2/c1-11(2)12(3)17-16(20)10-19-9-8-14(18-21)13-6-4-5-7-15(13)19/h4-7,11-12,21H,8-10H2,1-3H3,(H,17,20). The minimum atomic E-state index is 0.0235. The van der Waals surface area contributed by atoms with Gasteiger partial charge in [-0.1, -0.05) is 37.2 Å². The molecule has 1 aliphatic rings. The van der Waals surface area contributed by atoms with Gasteiger partial charge in [-0.05, 0) is 18.9 Å². The summed E-state index contributed by atoms with van der Waals surface area (Å²) in [4.78, 5) is 14.2. The summed E-state index contributed by atoms with van der Waals surface area (Å²) in [6.07, 6.45) is 0.639. The van der Waals surface area contributed by atoms with Crippen LogP contribution in [-0.2, 0) is 4.79 Å². The number of carbonyl (C=O) groups is 1. The first-order valence-corrected chi connectivity index (χ1v) is 7.37. The van der Waals surface area contributed by atoms with E-state index in [4.69, 9.17) is 5.21 Å². The predicted molar refractivity (Wildman–Crippen MR) is 84.0 cm³/mol. The molecule has 21 heavy (non-hydrogen) atoms. The summed E-state index contributed by atoms with van der Waals surface area (Å²) < 4.78 is 0. The molecule has 1 aromatic carbocycles. The zero-order chi connectivity index (χ0) is 15.4. The van der Waals surface area contributed by atoms with Gasteiger partial charge in [0.2, 0.25) is 5.91 Å². The molecule has 1 heterocycles. The first kappa shape index (κ1) is 15.4. The van der Waals surface area contributed by atoms with E-state index in [1.54, 1.807) is 0 Å². The van der Waals surface area contributed by atoms with E-state index in [1.807, 2.05) is 36.1 Å². The van der Waals surface area contributed by atoms with Crippen LogP contribution in [0.1, 0.15) is 32.8 Å². The topological polar surface area (TPSA) is 64.9 Å². The van der Waals surface area contributed by atoms with Gasteiger partial charge in [-0.25, -0.2) is 0 Å². The fourth-order valence-corrected chi connectivity index (χ4v) is 2.40. The van der Waals surface area contributed by atoms with Crippen molar-refractivity contribution in [1.82, 2.24) is 5.32 Å². The molecular weight excluding hydrogens is 266 g/mol. The summed E-state index contributed by atoms with van der Waals surface area (Å²) in [5.41, 5.74) is 2.53. The molecule has 0 saturated carbocycles. The monoisotopic (exact) mass is 289 g/mol. The van der Waals surface area contributed by atoms with E-state index in [0.717, 1.165) is 11.3 Å². The van der Waals surface area contributed by atoms with E-state index < -0.39 is 0 Å². The summed E-state index contributed by atoms with van der Waals surface area (Å²) in [5.74, 6) is 0.436. The molecule has 0 saturated heterocycles. The lowest BCUT2D eigenvalue weighted by atomic mass is 9.99.